The summed E-state index contributed by atoms with van der Waals surface area (Å²) in [5.74, 6) is 0.447. The Hall–Kier alpha value is -2.82. The van der Waals surface area contributed by atoms with Gasteiger partial charge in [-0.25, -0.2) is 4.98 Å². The average molecular weight is 332 g/mol. The van der Waals surface area contributed by atoms with E-state index in [1.54, 1.807) is 12.4 Å². The summed E-state index contributed by atoms with van der Waals surface area (Å²) in [5.41, 5.74) is 3.59. The van der Waals surface area contributed by atoms with Crippen LogP contribution in [0.15, 0.2) is 48.9 Å². The highest BCUT2D eigenvalue weighted by atomic mass is 16.2. The Bertz CT molecular complexity index is 902. The van der Waals surface area contributed by atoms with Crippen LogP contribution in [0.3, 0.4) is 0 Å². The van der Waals surface area contributed by atoms with Crippen LogP contribution < -0.4 is 0 Å². The Kier molecular flexibility index (Phi) is 4.14. The van der Waals surface area contributed by atoms with Crippen molar-refractivity contribution in [2.24, 2.45) is 5.92 Å². The van der Waals surface area contributed by atoms with Gasteiger partial charge in [0.05, 0.1) is 17.4 Å². The molecule has 1 fully saturated rings. The first kappa shape index (κ1) is 15.7. The fourth-order valence-corrected chi connectivity index (χ4v) is 3.49. The number of carbonyl (C=O) groups is 1. The summed E-state index contributed by atoms with van der Waals surface area (Å²) in [4.78, 5) is 27.3. The van der Waals surface area contributed by atoms with Gasteiger partial charge in [0.15, 0.2) is 0 Å². The SMILES string of the molecule is Cc1cnc(C(=O)N2CC[C@H](Cc3ccnc4ccccc34)C2)cn1. The molecule has 2 aromatic heterocycles. The second kappa shape index (κ2) is 6.59. The molecule has 0 spiro atoms. The smallest absolute Gasteiger partial charge is 0.274 e. The van der Waals surface area contributed by atoms with Gasteiger partial charge < -0.3 is 4.90 Å². The number of aryl methyl sites for hydroxylation is 1. The van der Waals surface area contributed by atoms with E-state index < -0.39 is 0 Å². The molecule has 3 heterocycles. The van der Waals surface area contributed by atoms with Crippen LogP contribution in [0.4, 0.5) is 0 Å². The summed E-state index contributed by atoms with van der Waals surface area (Å²) in [7, 11) is 0. The predicted octanol–water partition coefficient (Wildman–Crippen LogP) is 3.04. The van der Waals surface area contributed by atoms with Crippen molar-refractivity contribution < 1.29 is 4.79 Å². The van der Waals surface area contributed by atoms with Crippen molar-refractivity contribution >= 4 is 16.8 Å². The summed E-state index contributed by atoms with van der Waals surface area (Å²) in [6.45, 7) is 3.42. The standard InChI is InChI=1S/C20H20N4O/c1-14-11-23-19(12-22-14)20(25)24-9-7-15(13-24)10-16-6-8-21-18-5-3-2-4-17(16)18/h2-6,8,11-12,15H,7,9-10,13H2,1H3/t15-/m1/s1. The van der Waals surface area contributed by atoms with Gasteiger partial charge >= 0.3 is 0 Å². The topological polar surface area (TPSA) is 59.0 Å². The van der Waals surface area contributed by atoms with Gasteiger partial charge in [0.25, 0.3) is 5.91 Å². The van der Waals surface area contributed by atoms with Crippen molar-refractivity contribution in [1.29, 1.82) is 0 Å². The molecule has 25 heavy (non-hydrogen) atoms. The van der Waals surface area contributed by atoms with E-state index in [2.05, 4.69) is 27.1 Å². The van der Waals surface area contributed by atoms with Gasteiger partial charge in [0, 0.05) is 30.9 Å². The first-order valence-corrected chi connectivity index (χ1v) is 8.61. The fourth-order valence-electron chi connectivity index (χ4n) is 3.49. The number of likely N-dealkylation sites (tertiary alicyclic amines) is 1. The van der Waals surface area contributed by atoms with Crippen molar-refractivity contribution in [1.82, 2.24) is 19.9 Å². The Morgan fingerprint density at radius 2 is 2.04 bits per heavy atom. The van der Waals surface area contributed by atoms with E-state index in [0.29, 0.717) is 11.6 Å². The monoisotopic (exact) mass is 332 g/mol. The molecule has 4 rings (SSSR count). The van der Waals surface area contributed by atoms with Gasteiger partial charge in [-0.05, 0) is 43.4 Å². The number of nitrogens with zero attached hydrogens (tertiary/aromatic N) is 4. The Morgan fingerprint density at radius 1 is 1.16 bits per heavy atom. The number of carbonyl (C=O) groups excluding carboxylic acids is 1. The Labute approximate surface area is 146 Å². The molecule has 1 saturated heterocycles. The lowest BCUT2D eigenvalue weighted by molar-refractivity contribution is 0.0781. The molecule has 5 heteroatoms. The summed E-state index contributed by atoms with van der Waals surface area (Å²) in [5, 5.41) is 1.21. The van der Waals surface area contributed by atoms with Gasteiger partial charge in [0.2, 0.25) is 0 Å². The summed E-state index contributed by atoms with van der Waals surface area (Å²) in [6, 6.07) is 10.3. The van der Waals surface area contributed by atoms with Gasteiger partial charge in [-0.2, -0.15) is 0 Å². The van der Waals surface area contributed by atoms with Crippen LogP contribution in [0, 0.1) is 12.8 Å². The lowest BCUT2D eigenvalue weighted by Crippen LogP contribution is -2.29. The third-order valence-electron chi connectivity index (χ3n) is 4.82. The van der Waals surface area contributed by atoms with Gasteiger partial charge in [-0.15, -0.1) is 0 Å². The van der Waals surface area contributed by atoms with Crippen LogP contribution in [0.25, 0.3) is 10.9 Å². The van der Waals surface area contributed by atoms with Crippen molar-refractivity contribution in [3.63, 3.8) is 0 Å². The minimum absolute atomic E-state index is 0.0189. The van der Waals surface area contributed by atoms with E-state index in [0.717, 1.165) is 37.1 Å². The third-order valence-corrected chi connectivity index (χ3v) is 4.82. The molecule has 0 bridgehead atoms. The average Bonchev–Trinajstić information content (AvgIpc) is 3.11. The zero-order valence-electron chi connectivity index (χ0n) is 14.2. The largest absolute Gasteiger partial charge is 0.337 e. The molecule has 5 nitrogen and oxygen atoms in total. The molecule has 1 aliphatic heterocycles. The predicted molar refractivity (Wildman–Crippen MR) is 96.2 cm³/mol. The Balaban J connectivity index is 1.47. The molecule has 3 aromatic rings. The maximum Gasteiger partial charge on any atom is 0.274 e. The summed E-state index contributed by atoms with van der Waals surface area (Å²) >= 11 is 0. The number of fused-ring (bicyclic) bond motifs is 1. The van der Waals surface area contributed by atoms with Crippen molar-refractivity contribution in [3.05, 3.63) is 65.9 Å². The highest BCUT2D eigenvalue weighted by Gasteiger charge is 2.28. The maximum atomic E-state index is 12.6. The molecular weight excluding hydrogens is 312 g/mol. The third kappa shape index (κ3) is 3.22. The molecule has 1 aromatic carbocycles. The van der Waals surface area contributed by atoms with Crippen molar-refractivity contribution in [2.45, 2.75) is 19.8 Å². The molecule has 1 atom stereocenters. The minimum Gasteiger partial charge on any atom is -0.337 e. The molecule has 0 saturated carbocycles. The van der Waals surface area contributed by atoms with E-state index in [9.17, 15) is 4.79 Å². The van der Waals surface area contributed by atoms with Gasteiger partial charge in [-0.1, -0.05) is 18.2 Å². The number of aromatic nitrogens is 3. The number of hydrogen-bond acceptors (Lipinski definition) is 4. The first-order valence-electron chi connectivity index (χ1n) is 8.61. The van der Waals surface area contributed by atoms with Crippen LogP contribution in [-0.2, 0) is 6.42 Å². The molecule has 0 aliphatic carbocycles. The van der Waals surface area contributed by atoms with Gasteiger partial charge in [0.1, 0.15) is 5.69 Å². The van der Waals surface area contributed by atoms with E-state index in [-0.39, 0.29) is 5.91 Å². The van der Waals surface area contributed by atoms with Crippen LogP contribution in [0.5, 0.6) is 0 Å². The van der Waals surface area contributed by atoms with E-state index in [1.807, 2.05) is 36.2 Å². The van der Waals surface area contributed by atoms with Crippen LogP contribution in [0.1, 0.15) is 28.2 Å². The first-order chi connectivity index (χ1) is 12.2. The number of pyridine rings is 1. The molecule has 126 valence electrons. The molecule has 1 amide bonds. The van der Waals surface area contributed by atoms with Crippen LogP contribution >= 0.6 is 0 Å². The van der Waals surface area contributed by atoms with Gasteiger partial charge in [-0.3, -0.25) is 14.8 Å². The zero-order valence-corrected chi connectivity index (χ0v) is 14.2. The van der Waals surface area contributed by atoms with Crippen molar-refractivity contribution in [3.8, 4) is 0 Å². The summed E-state index contributed by atoms with van der Waals surface area (Å²) in [6.07, 6.45) is 7.07. The lowest BCUT2D eigenvalue weighted by Gasteiger charge is -2.16. The van der Waals surface area contributed by atoms with Crippen LogP contribution in [-0.4, -0.2) is 38.8 Å². The maximum absolute atomic E-state index is 12.6. The normalized spacial score (nSPS) is 17.2. The molecule has 0 unspecified atom stereocenters. The quantitative estimate of drug-likeness (QED) is 0.740. The fraction of sp³-hybridized carbons (Fsp3) is 0.300. The summed E-state index contributed by atoms with van der Waals surface area (Å²) < 4.78 is 0. The highest BCUT2D eigenvalue weighted by Crippen LogP contribution is 2.25. The van der Waals surface area contributed by atoms with E-state index >= 15 is 0 Å². The second-order valence-corrected chi connectivity index (χ2v) is 6.64. The zero-order chi connectivity index (χ0) is 17.2. The van der Waals surface area contributed by atoms with E-state index in [1.165, 1.54) is 10.9 Å². The van der Waals surface area contributed by atoms with Crippen molar-refractivity contribution in [2.75, 3.05) is 13.1 Å². The molecule has 0 radical (unpaired) electrons. The molecular formula is C20H20N4O. The number of hydrogen-bond donors (Lipinski definition) is 0. The Morgan fingerprint density at radius 3 is 2.88 bits per heavy atom. The second-order valence-electron chi connectivity index (χ2n) is 6.64. The lowest BCUT2D eigenvalue weighted by atomic mass is 9.96. The highest BCUT2D eigenvalue weighted by molar-refractivity contribution is 5.92. The molecule has 1 aliphatic rings. The molecule has 0 N–H and O–H groups in total. The number of para-hydroxylation sites is 1. The number of rotatable bonds is 3. The van der Waals surface area contributed by atoms with E-state index in [4.69, 9.17) is 0 Å². The number of amides is 1. The number of benzene rings is 1. The minimum atomic E-state index is -0.0189. The van der Waals surface area contributed by atoms with Crippen LogP contribution in [0.2, 0.25) is 0 Å².